The fourth-order valence-corrected chi connectivity index (χ4v) is 3.48. The minimum atomic E-state index is -0.508. The normalized spacial score (nSPS) is 14.9. The number of carbonyl (C=O) groups is 2. The van der Waals surface area contributed by atoms with E-state index in [0.29, 0.717) is 42.5 Å². The predicted molar refractivity (Wildman–Crippen MR) is 101 cm³/mol. The van der Waals surface area contributed by atoms with Crippen LogP contribution in [-0.4, -0.2) is 42.8 Å². The van der Waals surface area contributed by atoms with Crippen LogP contribution in [0, 0.1) is 5.82 Å². The Labute approximate surface area is 157 Å². The van der Waals surface area contributed by atoms with E-state index in [4.69, 9.17) is 11.6 Å². The number of Topliss-reactive ketones (excluding diaryl/α,β-unsaturated/α-hetero) is 1. The number of anilines is 1. The van der Waals surface area contributed by atoms with Crippen molar-refractivity contribution in [3.63, 3.8) is 0 Å². The first-order valence-electron chi connectivity index (χ1n) is 8.56. The average molecular weight is 375 g/mol. The molecule has 0 aliphatic carbocycles. The van der Waals surface area contributed by atoms with Gasteiger partial charge in [0.2, 0.25) is 0 Å². The van der Waals surface area contributed by atoms with Crippen LogP contribution in [0.2, 0.25) is 5.02 Å². The average Bonchev–Trinajstić information content (AvgIpc) is 2.86. The van der Waals surface area contributed by atoms with Gasteiger partial charge in [-0.2, -0.15) is 0 Å². The summed E-state index contributed by atoms with van der Waals surface area (Å²) in [5, 5.41) is 0.526. The van der Waals surface area contributed by atoms with Crippen LogP contribution in [0.3, 0.4) is 0 Å². The van der Waals surface area contributed by atoms with Gasteiger partial charge in [-0.1, -0.05) is 23.7 Å². The Morgan fingerprint density at radius 3 is 2.54 bits per heavy atom. The van der Waals surface area contributed by atoms with Crippen LogP contribution in [0.1, 0.15) is 34.1 Å². The summed E-state index contributed by atoms with van der Waals surface area (Å²) in [7, 11) is 0. The smallest absolute Gasteiger partial charge is 0.253 e. The predicted octanol–water partition coefficient (Wildman–Crippen LogP) is 4.03. The van der Waals surface area contributed by atoms with Crippen molar-refractivity contribution in [2.75, 3.05) is 31.1 Å². The molecule has 0 aromatic heterocycles. The van der Waals surface area contributed by atoms with E-state index in [-0.39, 0.29) is 17.3 Å². The van der Waals surface area contributed by atoms with Gasteiger partial charge in [0.15, 0.2) is 5.78 Å². The fraction of sp³-hybridized carbons (Fsp3) is 0.300. The van der Waals surface area contributed by atoms with Crippen LogP contribution in [0.25, 0.3) is 0 Å². The minimum absolute atomic E-state index is 0.0691. The van der Waals surface area contributed by atoms with E-state index >= 15 is 0 Å². The number of benzene rings is 2. The minimum Gasteiger partial charge on any atom is -0.369 e. The van der Waals surface area contributed by atoms with Gasteiger partial charge in [-0.3, -0.25) is 9.59 Å². The summed E-state index contributed by atoms with van der Waals surface area (Å²) in [4.78, 5) is 28.3. The van der Waals surface area contributed by atoms with Crippen molar-refractivity contribution < 1.29 is 14.0 Å². The largest absolute Gasteiger partial charge is 0.369 e. The molecule has 4 nitrogen and oxygen atoms in total. The molecule has 1 saturated heterocycles. The second-order valence-electron chi connectivity index (χ2n) is 6.33. The number of hydrogen-bond donors (Lipinski definition) is 0. The molecule has 0 bridgehead atoms. The lowest BCUT2D eigenvalue weighted by Gasteiger charge is -2.25. The molecule has 1 amide bonds. The van der Waals surface area contributed by atoms with Crippen LogP contribution >= 0.6 is 11.6 Å². The van der Waals surface area contributed by atoms with Crippen molar-refractivity contribution in [2.24, 2.45) is 0 Å². The molecule has 0 unspecified atom stereocenters. The first-order chi connectivity index (χ1) is 12.5. The van der Waals surface area contributed by atoms with Crippen molar-refractivity contribution in [3.8, 4) is 0 Å². The molecule has 0 saturated carbocycles. The second kappa shape index (κ2) is 7.87. The molecular weight excluding hydrogens is 355 g/mol. The van der Waals surface area contributed by atoms with Crippen molar-refractivity contribution in [1.82, 2.24) is 4.90 Å². The lowest BCUT2D eigenvalue weighted by molar-refractivity contribution is 0.0766. The van der Waals surface area contributed by atoms with Gasteiger partial charge in [0.1, 0.15) is 5.82 Å². The summed E-state index contributed by atoms with van der Waals surface area (Å²) in [5.41, 5.74) is 1.26. The summed E-state index contributed by atoms with van der Waals surface area (Å²) in [5.74, 6) is -0.874. The molecule has 6 heteroatoms. The SMILES string of the molecule is CC(=O)c1c(F)cccc1N1CCCN(C(=O)c2cccc(Cl)c2)CC1. The van der Waals surface area contributed by atoms with Crippen molar-refractivity contribution >= 4 is 29.0 Å². The standard InChI is InChI=1S/C20H20ClFN2O2/c1-14(25)19-17(22)7-3-8-18(19)23-9-4-10-24(12-11-23)20(26)15-5-2-6-16(21)13-15/h2-3,5-8,13H,4,9-12H2,1H3. The highest BCUT2D eigenvalue weighted by Crippen LogP contribution is 2.25. The number of hydrogen-bond acceptors (Lipinski definition) is 3. The molecular formula is C20H20ClFN2O2. The molecule has 2 aromatic rings. The number of halogens is 2. The lowest BCUT2D eigenvalue weighted by Crippen LogP contribution is -2.35. The van der Waals surface area contributed by atoms with Crippen molar-refractivity contribution in [3.05, 3.63) is 64.4 Å². The molecule has 0 radical (unpaired) electrons. The Bertz CT molecular complexity index is 840. The Morgan fingerprint density at radius 1 is 1.04 bits per heavy atom. The van der Waals surface area contributed by atoms with E-state index in [0.717, 1.165) is 6.42 Å². The highest BCUT2D eigenvalue weighted by atomic mass is 35.5. The molecule has 0 N–H and O–H groups in total. The van der Waals surface area contributed by atoms with Gasteiger partial charge in [-0.05, 0) is 43.7 Å². The molecule has 0 spiro atoms. The topological polar surface area (TPSA) is 40.6 Å². The third-order valence-electron chi connectivity index (χ3n) is 4.54. The molecule has 1 fully saturated rings. The van der Waals surface area contributed by atoms with Crippen LogP contribution in [0.4, 0.5) is 10.1 Å². The number of carbonyl (C=O) groups excluding carboxylic acids is 2. The van der Waals surface area contributed by atoms with Crippen LogP contribution in [0.5, 0.6) is 0 Å². The number of nitrogens with zero attached hydrogens (tertiary/aromatic N) is 2. The molecule has 3 rings (SSSR count). The highest BCUT2D eigenvalue weighted by Gasteiger charge is 2.23. The van der Waals surface area contributed by atoms with E-state index in [9.17, 15) is 14.0 Å². The maximum absolute atomic E-state index is 14.1. The lowest BCUT2D eigenvalue weighted by atomic mass is 10.1. The quantitative estimate of drug-likeness (QED) is 0.761. The molecule has 26 heavy (non-hydrogen) atoms. The van der Waals surface area contributed by atoms with E-state index in [1.54, 1.807) is 41.3 Å². The van der Waals surface area contributed by atoms with Gasteiger partial charge in [-0.15, -0.1) is 0 Å². The Balaban J connectivity index is 1.78. The van der Waals surface area contributed by atoms with Crippen LogP contribution in [-0.2, 0) is 0 Å². The van der Waals surface area contributed by atoms with Crippen molar-refractivity contribution in [1.29, 1.82) is 0 Å². The Kier molecular flexibility index (Phi) is 5.57. The van der Waals surface area contributed by atoms with Crippen LogP contribution < -0.4 is 4.90 Å². The third kappa shape index (κ3) is 3.88. The number of amides is 1. The number of rotatable bonds is 3. The molecule has 1 heterocycles. The second-order valence-corrected chi connectivity index (χ2v) is 6.77. The zero-order chi connectivity index (χ0) is 18.7. The summed E-state index contributed by atoms with van der Waals surface area (Å²) >= 11 is 5.98. The summed E-state index contributed by atoms with van der Waals surface area (Å²) in [6.07, 6.45) is 0.736. The van der Waals surface area contributed by atoms with Crippen molar-refractivity contribution in [2.45, 2.75) is 13.3 Å². The zero-order valence-corrected chi connectivity index (χ0v) is 15.3. The van der Waals surface area contributed by atoms with Gasteiger partial charge in [0, 0.05) is 36.8 Å². The van der Waals surface area contributed by atoms with E-state index < -0.39 is 5.82 Å². The third-order valence-corrected chi connectivity index (χ3v) is 4.77. The maximum atomic E-state index is 14.1. The Morgan fingerprint density at radius 2 is 1.81 bits per heavy atom. The van der Waals surface area contributed by atoms with E-state index in [2.05, 4.69) is 0 Å². The highest BCUT2D eigenvalue weighted by molar-refractivity contribution is 6.30. The first kappa shape index (κ1) is 18.4. The van der Waals surface area contributed by atoms with E-state index in [1.165, 1.54) is 13.0 Å². The molecule has 2 aromatic carbocycles. The molecule has 0 atom stereocenters. The molecule has 136 valence electrons. The zero-order valence-electron chi connectivity index (χ0n) is 14.5. The first-order valence-corrected chi connectivity index (χ1v) is 8.94. The maximum Gasteiger partial charge on any atom is 0.253 e. The fourth-order valence-electron chi connectivity index (χ4n) is 3.29. The van der Waals surface area contributed by atoms with E-state index in [1.807, 2.05) is 4.90 Å². The Hall–Kier alpha value is -2.40. The molecule has 1 aliphatic heterocycles. The van der Waals surface area contributed by atoms with Gasteiger partial charge in [-0.25, -0.2) is 4.39 Å². The van der Waals surface area contributed by atoms with Gasteiger partial charge >= 0.3 is 0 Å². The van der Waals surface area contributed by atoms with Gasteiger partial charge in [0.25, 0.3) is 5.91 Å². The monoisotopic (exact) mass is 374 g/mol. The van der Waals surface area contributed by atoms with Gasteiger partial charge < -0.3 is 9.80 Å². The van der Waals surface area contributed by atoms with Crippen LogP contribution in [0.15, 0.2) is 42.5 Å². The van der Waals surface area contributed by atoms with Gasteiger partial charge in [0.05, 0.1) is 11.3 Å². The number of ketones is 1. The summed E-state index contributed by atoms with van der Waals surface area (Å²) in [6, 6.07) is 11.6. The molecule has 1 aliphatic rings. The summed E-state index contributed by atoms with van der Waals surface area (Å²) in [6.45, 7) is 3.67. The summed E-state index contributed by atoms with van der Waals surface area (Å²) < 4.78 is 14.1.